The molecule has 1 amide bonds. The van der Waals surface area contributed by atoms with E-state index in [-0.39, 0.29) is 17.3 Å². The molecule has 0 unspecified atom stereocenters. The van der Waals surface area contributed by atoms with E-state index in [0.717, 1.165) is 37.1 Å². The number of nitrogens with two attached hydrogens (primary N) is 1. The van der Waals surface area contributed by atoms with Crippen LogP contribution in [-0.2, 0) is 6.54 Å². The van der Waals surface area contributed by atoms with Crippen molar-refractivity contribution in [1.82, 2.24) is 35.6 Å². The summed E-state index contributed by atoms with van der Waals surface area (Å²) in [6.45, 7) is 6.57. The number of rotatable bonds is 6. The Morgan fingerprint density at radius 3 is 2.71 bits per heavy atom. The number of amides is 1. The summed E-state index contributed by atoms with van der Waals surface area (Å²) < 4.78 is 6.10. The van der Waals surface area contributed by atoms with E-state index in [1.54, 1.807) is 6.21 Å². The maximum absolute atomic E-state index is 12.8. The molecule has 1 aliphatic rings. The highest BCUT2D eigenvalue weighted by molar-refractivity contribution is 5.94. The van der Waals surface area contributed by atoms with Crippen molar-refractivity contribution in [1.29, 1.82) is 0 Å². The summed E-state index contributed by atoms with van der Waals surface area (Å²) in [4.78, 5) is 15.1. The van der Waals surface area contributed by atoms with Gasteiger partial charge in [-0.25, -0.2) is 10.1 Å². The first-order chi connectivity index (χ1) is 15.0. The lowest BCUT2D eigenvalue weighted by atomic mass is 9.99. The number of benzene rings is 1. The Balaban J connectivity index is 1.55. The maximum Gasteiger partial charge on any atom is 0.293 e. The number of carbonyl (C=O) groups is 1. The van der Waals surface area contributed by atoms with Gasteiger partial charge in [0.05, 0.1) is 11.9 Å². The van der Waals surface area contributed by atoms with E-state index in [4.69, 9.17) is 10.4 Å². The molecule has 0 aliphatic carbocycles. The lowest BCUT2D eigenvalue weighted by Gasteiger charge is -2.30. The SMILES string of the molecule is Cc1ccc(/C=N\NC(=O)c2nnn(-c3nonc3N)c2CN2CCC(C)CC2)cc1. The van der Waals surface area contributed by atoms with Crippen LogP contribution >= 0.6 is 0 Å². The zero-order valence-electron chi connectivity index (χ0n) is 17.5. The summed E-state index contributed by atoms with van der Waals surface area (Å²) in [7, 11) is 0. The Bertz CT molecular complexity index is 1060. The van der Waals surface area contributed by atoms with Crippen molar-refractivity contribution >= 4 is 17.9 Å². The molecule has 11 heteroatoms. The second-order valence-electron chi connectivity index (χ2n) is 7.84. The molecule has 3 heterocycles. The number of likely N-dealkylation sites (tertiary alicyclic amines) is 1. The Labute approximate surface area is 179 Å². The van der Waals surface area contributed by atoms with Gasteiger partial charge in [0, 0.05) is 6.54 Å². The fourth-order valence-electron chi connectivity index (χ4n) is 3.43. The Hall–Kier alpha value is -3.60. The molecule has 0 spiro atoms. The van der Waals surface area contributed by atoms with Crippen molar-refractivity contribution in [2.45, 2.75) is 33.2 Å². The predicted octanol–water partition coefficient (Wildman–Crippen LogP) is 1.54. The van der Waals surface area contributed by atoms with Crippen LogP contribution in [0.2, 0.25) is 0 Å². The fourth-order valence-corrected chi connectivity index (χ4v) is 3.43. The van der Waals surface area contributed by atoms with Gasteiger partial charge in [-0.2, -0.15) is 9.78 Å². The number of piperidine rings is 1. The molecule has 2 aromatic heterocycles. The Kier molecular flexibility index (Phi) is 6.03. The minimum atomic E-state index is -0.468. The molecule has 162 valence electrons. The molecular formula is C20H25N9O2. The van der Waals surface area contributed by atoms with Gasteiger partial charge in [-0.05, 0) is 54.6 Å². The summed E-state index contributed by atoms with van der Waals surface area (Å²) >= 11 is 0. The van der Waals surface area contributed by atoms with Crippen molar-refractivity contribution in [3.63, 3.8) is 0 Å². The van der Waals surface area contributed by atoms with E-state index in [1.807, 2.05) is 31.2 Å². The number of nitrogen functional groups attached to an aromatic ring is 1. The zero-order valence-corrected chi connectivity index (χ0v) is 17.5. The van der Waals surface area contributed by atoms with Gasteiger partial charge in [-0.15, -0.1) is 5.10 Å². The van der Waals surface area contributed by atoms with Crippen LogP contribution in [0.3, 0.4) is 0 Å². The minimum Gasteiger partial charge on any atom is -0.378 e. The molecule has 0 bridgehead atoms. The number of nitrogens with one attached hydrogen (secondary N) is 1. The van der Waals surface area contributed by atoms with Crippen molar-refractivity contribution in [3.8, 4) is 5.82 Å². The van der Waals surface area contributed by atoms with E-state index >= 15 is 0 Å². The van der Waals surface area contributed by atoms with Gasteiger partial charge >= 0.3 is 0 Å². The number of aryl methyl sites for hydroxylation is 1. The first-order valence-electron chi connectivity index (χ1n) is 10.2. The van der Waals surface area contributed by atoms with Crippen LogP contribution in [0.25, 0.3) is 5.82 Å². The number of hydrogen-bond acceptors (Lipinski definition) is 9. The molecule has 31 heavy (non-hydrogen) atoms. The number of carbonyl (C=O) groups excluding carboxylic acids is 1. The lowest BCUT2D eigenvalue weighted by Crippen LogP contribution is -2.34. The van der Waals surface area contributed by atoms with Crippen LogP contribution in [0.5, 0.6) is 0 Å². The number of nitrogens with zero attached hydrogens (tertiary/aromatic N) is 7. The topological polar surface area (TPSA) is 140 Å². The van der Waals surface area contributed by atoms with Gasteiger partial charge in [0.15, 0.2) is 5.69 Å². The molecule has 1 aliphatic heterocycles. The first kappa shape index (κ1) is 20.7. The molecule has 0 radical (unpaired) electrons. The van der Waals surface area contributed by atoms with E-state index in [1.165, 1.54) is 4.68 Å². The van der Waals surface area contributed by atoms with Crippen LogP contribution in [0.1, 0.15) is 47.1 Å². The molecule has 11 nitrogen and oxygen atoms in total. The molecule has 3 N–H and O–H groups in total. The van der Waals surface area contributed by atoms with Gasteiger partial charge in [-0.3, -0.25) is 9.69 Å². The second kappa shape index (κ2) is 9.04. The van der Waals surface area contributed by atoms with E-state index in [0.29, 0.717) is 18.2 Å². The Morgan fingerprint density at radius 2 is 2.03 bits per heavy atom. The van der Waals surface area contributed by atoms with E-state index in [9.17, 15) is 4.79 Å². The Morgan fingerprint density at radius 1 is 1.29 bits per heavy atom. The smallest absolute Gasteiger partial charge is 0.293 e. The average Bonchev–Trinajstić information content (AvgIpc) is 3.37. The van der Waals surface area contributed by atoms with Crippen LogP contribution in [0, 0.1) is 12.8 Å². The van der Waals surface area contributed by atoms with E-state index in [2.05, 4.69) is 43.0 Å². The molecule has 1 aromatic carbocycles. The van der Waals surface area contributed by atoms with Crippen LogP contribution in [-0.4, -0.2) is 55.4 Å². The molecule has 1 saturated heterocycles. The van der Waals surface area contributed by atoms with Gasteiger partial charge in [0.2, 0.25) is 11.6 Å². The second-order valence-corrected chi connectivity index (χ2v) is 7.84. The molecule has 1 fully saturated rings. The summed E-state index contributed by atoms with van der Waals surface area (Å²) in [5.74, 6) is 0.497. The lowest BCUT2D eigenvalue weighted by molar-refractivity contribution is 0.0947. The third kappa shape index (κ3) is 4.77. The fraction of sp³-hybridized carbons (Fsp3) is 0.400. The van der Waals surface area contributed by atoms with Gasteiger partial charge in [-0.1, -0.05) is 42.0 Å². The minimum absolute atomic E-state index is 0.0720. The highest BCUT2D eigenvalue weighted by atomic mass is 16.6. The maximum atomic E-state index is 12.8. The normalized spacial score (nSPS) is 15.5. The molecule has 3 aromatic rings. The summed E-state index contributed by atoms with van der Waals surface area (Å²) in [6, 6.07) is 7.79. The van der Waals surface area contributed by atoms with Crippen molar-refractivity contribution < 1.29 is 9.42 Å². The standard InChI is InChI=1S/C20H25N9O2/c1-13-3-5-15(6-4-13)11-22-24-20(30)17-16(12-28-9-7-14(2)8-10-28)29(27-23-17)19-18(21)25-31-26-19/h3-6,11,14H,7-10,12H2,1-2H3,(H2,21,25)(H,24,30)/b22-11-. The highest BCUT2D eigenvalue weighted by Crippen LogP contribution is 2.21. The monoisotopic (exact) mass is 423 g/mol. The molecular weight excluding hydrogens is 398 g/mol. The first-order valence-corrected chi connectivity index (χ1v) is 10.2. The number of anilines is 1. The largest absolute Gasteiger partial charge is 0.378 e. The van der Waals surface area contributed by atoms with Crippen molar-refractivity contribution in [2.75, 3.05) is 18.8 Å². The van der Waals surface area contributed by atoms with Gasteiger partial charge < -0.3 is 5.73 Å². The van der Waals surface area contributed by atoms with Gasteiger partial charge in [0.25, 0.3) is 5.91 Å². The number of aromatic nitrogens is 5. The molecule has 0 saturated carbocycles. The van der Waals surface area contributed by atoms with Gasteiger partial charge in [0.1, 0.15) is 0 Å². The molecule has 0 atom stereocenters. The third-order valence-electron chi connectivity index (χ3n) is 5.38. The average molecular weight is 423 g/mol. The zero-order chi connectivity index (χ0) is 21.8. The quantitative estimate of drug-likeness (QED) is 0.449. The van der Waals surface area contributed by atoms with Crippen LogP contribution in [0.4, 0.5) is 5.82 Å². The highest BCUT2D eigenvalue weighted by Gasteiger charge is 2.26. The third-order valence-corrected chi connectivity index (χ3v) is 5.38. The number of hydrogen-bond donors (Lipinski definition) is 2. The van der Waals surface area contributed by atoms with Crippen LogP contribution < -0.4 is 11.2 Å². The summed E-state index contributed by atoms with van der Waals surface area (Å²) in [6.07, 6.45) is 3.77. The summed E-state index contributed by atoms with van der Waals surface area (Å²) in [5, 5.41) is 19.6. The van der Waals surface area contributed by atoms with Crippen molar-refractivity contribution in [3.05, 3.63) is 46.8 Å². The number of hydrazone groups is 1. The van der Waals surface area contributed by atoms with Crippen molar-refractivity contribution in [2.24, 2.45) is 11.0 Å². The summed E-state index contributed by atoms with van der Waals surface area (Å²) in [5.41, 5.74) is 11.1. The van der Waals surface area contributed by atoms with Crippen LogP contribution in [0.15, 0.2) is 34.0 Å². The van der Waals surface area contributed by atoms with E-state index < -0.39 is 5.91 Å². The molecule has 4 rings (SSSR count). The predicted molar refractivity (Wildman–Crippen MR) is 114 cm³/mol.